The summed E-state index contributed by atoms with van der Waals surface area (Å²) in [5.74, 6) is 1.91. The molecule has 0 saturated carbocycles. The third-order valence-electron chi connectivity index (χ3n) is 4.94. The third-order valence-corrected chi connectivity index (χ3v) is 4.94. The number of carbonyl (C=O) groups is 1. The first-order chi connectivity index (χ1) is 12.3. The van der Waals surface area contributed by atoms with Crippen LogP contribution in [0.1, 0.15) is 12.0 Å². The molecule has 1 saturated heterocycles. The van der Waals surface area contributed by atoms with Crippen LogP contribution in [0.3, 0.4) is 0 Å². The summed E-state index contributed by atoms with van der Waals surface area (Å²) in [6.45, 7) is 3.59. The molecule has 1 fully saturated rings. The van der Waals surface area contributed by atoms with Crippen LogP contribution in [-0.4, -0.2) is 53.6 Å². The molecule has 0 unspecified atom stereocenters. The minimum atomic E-state index is 0.00294. The van der Waals surface area contributed by atoms with Gasteiger partial charge in [-0.1, -0.05) is 18.2 Å². The summed E-state index contributed by atoms with van der Waals surface area (Å²) in [4.78, 5) is 25.7. The Balaban J connectivity index is 1.39. The molecule has 0 spiro atoms. The highest BCUT2D eigenvalue weighted by Crippen LogP contribution is 2.28. The topological polar surface area (TPSA) is 58.6 Å². The molecule has 2 aromatic rings. The molecule has 2 aliphatic rings. The highest BCUT2D eigenvalue weighted by atomic mass is 16.5. The van der Waals surface area contributed by atoms with Crippen LogP contribution in [0.25, 0.3) is 0 Å². The van der Waals surface area contributed by atoms with Crippen molar-refractivity contribution in [1.82, 2.24) is 14.9 Å². The van der Waals surface area contributed by atoms with Gasteiger partial charge in [-0.15, -0.1) is 0 Å². The number of carbonyl (C=O) groups excluding carboxylic acids is 1. The molecule has 6 nitrogen and oxygen atoms in total. The van der Waals surface area contributed by atoms with E-state index in [2.05, 4.69) is 20.9 Å². The van der Waals surface area contributed by atoms with Gasteiger partial charge >= 0.3 is 0 Å². The number of para-hydroxylation sites is 1. The van der Waals surface area contributed by atoms with Gasteiger partial charge in [0.25, 0.3) is 0 Å². The Morgan fingerprint density at radius 1 is 1.04 bits per heavy atom. The van der Waals surface area contributed by atoms with Crippen molar-refractivity contribution in [3.8, 4) is 5.75 Å². The van der Waals surface area contributed by atoms with Gasteiger partial charge in [0.15, 0.2) is 0 Å². The Labute approximate surface area is 147 Å². The van der Waals surface area contributed by atoms with Crippen molar-refractivity contribution in [3.05, 3.63) is 48.3 Å². The summed E-state index contributed by atoms with van der Waals surface area (Å²) >= 11 is 0. The van der Waals surface area contributed by atoms with E-state index in [0.717, 1.165) is 56.3 Å². The third kappa shape index (κ3) is 3.43. The summed E-state index contributed by atoms with van der Waals surface area (Å²) in [6.07, 6.45) is 5.04. The first-order valence-corrected chi connectivity index (χ1v) is 8.83. The zero-order chi connectivity index (χ0) is 17.1. The smallest absolute Gasteiger partial charge is 0.226 e. The summed E-state index contributed by atoms with van der Waals surface area (Å²) in [5, 5.41) is 0. The Morgan fingerprint density at radius 2 is 1.80 bits per heavy atom. The number of ether oxygens (including phenoxy) is 1. The second kappa shape index (κ2) is 7.09. The van der Waals surface area contributed by atoms with E-state index >= 15 is 0 Å². The van der Waals surface area contributed by atoms with E-state index in [1.165, 1.54) is 0 Å². The summed E-state index contributed by atoms with van der Waals surface area (Å²) in [5.41, 5.74) is 1.13. The van der Waals surface area contributed by atoms with Gasteiger partial charge in [0.2, 0.25) is 11.9 Å². The predicted molar refractivity (Wildman–Crippen MR) is 94.6 cm³/mol. The van der Waals surface area contributed by atoms with Crippen LogP contribution in [0, 0.1) is 5.92 Å². The fraction of sp³-hybridized carbons (Fsp3) is 0.421. The van der Waals surface area contributed by atoms with Crippen molar-refractivity contribution in [2.24, 2.45) is 5.92 Å². The van der Waals surface area contributed by atoms with E-state index in [0.29, 0.717) is 6.61 Å². The summed E-state index contributed by atoms with van der Waals surface area (Å²) < 4.78 is 5.80. The molecule has 1 aromatic heterocycles. The van der Waals surface area contributed by atoms with Crippen molar-refractivity contribution in [2.45, 2.75) is 12.8 Å². The van der Waals surface area contributed by atoms with Crippen LogP contribution >= 0.6 is 0 Å². The second-order valence-corrected chi connectivity index (χ2v) is 6.51. The maximum Gasteiger partial charge on any atom is 0.226 e. The lowest BCUT2D eigenvalue weighted by Gasteiger charge is -2.36. The second-order valence-electron chi connectivity index (χ2n) is 6.51. The Hall–Kier alpha value is -2.63. The van der Waals surface area contributed by atoms with Gasteiger partial charge in [-0.05, 0) is 30.5 Å². The Morgan fingerprint density at radius 3 is 2.60 bits per heavy atom. The SMILES string of the molecule is O=C([C@H]1CCOc2ccccc2C1)N1CCN(c2ncccn2)CC1. The van der Waals surface area contributed by atoms with E-state index in [4.69, 9.17) is 4.74 Å². The quantitative estimate of drug-likeness (QED) is 0.835. The van der Waals surface area contributed by atoms with Crippen molar-refractivity contribution < 1.29 is 9.53 Å². The highest BCUT2D eigenvalue weighted by Gasteiger charge is 2.30. The molecule has 1 aromatic carbocycles. The summed E-state index contributed by atoms with van der Waals surface area (Å²) in [6, 6.07) is 9.85. The number of amides is 1. The number of hydrogen-bond donors (Lipinski definition) is 0. The van der Waals surface area contributed by atoms with Crippen LogP contribution in [0.4, 0.5) is 5.95 Å². The number of benzene rings is 1. The van der Waals surface area contributed by atoms with Gasteiger partial charge in [-0.3, -0.25) is 4.79 Å². The molecular formula is C19H22N4O2. The Bertz CT molecular complexity index is 729. The molecule has 6 heteroatoms. The number of hydrogen-bond acceptors (Lipinski definition) is 5. The van der Waals surface area contributed by atoms with Crippen LogP contribution < -0.4 is 9.64 Å². The molecule has 2 aliphatic heterocycles. The predicted octanol–water partition coefficient (Wildman–Crippen LogP) is 1.77. The average molecular weight is 338 g/mol. The van der Waals surface area contributed by atoms with Gasteiger partial charge in [-0.2, -0.15) is 0 Å². The molecule has 130 valence electrons. The van der Waals surface area contributed by atoms with E-state index in [-0.39, 0.29) is 11.8 Å². The molecule has 0 aliphatic carbocycles. The number of rotatable bonds is 2. The minimum absolute atomic E-state index is 0.00294. The lowest BCUT2D eigenvalue weighted by Crippen LogP contribution is -2.51. The number of aromatic nitrogens is 2. The zero-order valence-corrected chi connectivity index (χ0v) is 14.2. The lowest BCUT2D eigenvalue weighted by atomic mass is 9.95. The molecule has 1 atom stereocenters. The normalized spacial score (nSPS) is 20.4. The standard InChI is InChI=1S/C19H22N4O2/c24-18(16-6-13-25-17-5-2-1-4-15(17)14-16)22-9-11-23(12-10-22)19-20-7-3-8-21-19/h1-5,7-8,16H,6,9-14H2/t16-/m0/s1. The van der Waals surface area contributed by atoms with Crippen LogP contribution in [0.5, 0.6) is 5.75 Å². The molecule has 4 rings (SSSR count). The highest BCUT2D eigenvalue weighted by molar-refractivity contribution is 5.79. The van der Waals surface area contributed by atoms with E-state index < -0.39 is 0 Å². The molecule has 25 heavy (non-hydrogen) atoms. The number of nitrogens with zero attached hydrogens (tertiary/aromatic N) is 4. The van der Waals surface area contributed by atoms with Crippen LogP contribution in [0.2, 0.25) is 0 Å². The molecular weight excluding hydrogens is 316 g/mol. The minimum Gasteiger partial charge on any atom is -0.493 e. The van der Waals surface area contributed by atoms with Gasteiger partial charge in [0.1, 0.15) is 5.75 Å². The molecule has 1 amide bonds. The number of anilines is 1. The van der Waals surface area contributed by atoms with Gasteiger partial charge < -0.3 is 14.5 Å². The largest absolute Gasteiger partial charge is 0.493 e. The first kappa shape index (κ1) is 15.9. The maximum atomic E-state index is 13.0. The van der Waals surface area contributed by atoms with Crippen molar-refractivity contribution in [3.63, 3.8) is 0 Å². The zero-order valence-electron chi connectivity index (χ0n) is 14.2. The van der Waals surface area contributed by atoms with Gasteiger partial charge in [0.05, 0.1) is 6.61 Å². The Kier molecular flexibility index (Phi) is 4.50. The fourth-order valence-electron chi connectivity index (χ4n) is 3.54. The van der Waals surface area contributed by atoms with Crippen LogP contribution in [0.15, 0.2) is 42.7 Å². The molecule has 0 bridgehead atoms. The molecule has 0 radical (unpaired) electrons. The molecule has 3 heterocycles. The fourth-order valence-corrected chi connectivity index (χ4v) is 3.54. The summed E-state index contributed by atoms with van der Waals surface area (Å²) in [7, 11) is 0. The monoisotopic (exact) mass is 338 g/mol. The van der Waals surface area contributed by atoms with Crippen molar-refractivity contribution in [1.29, 1.82) is 0 Å². The van der Waals surface area contributed by atoms with E-state index in [9.17, 15) is 4.79 Å². The first-order valence-electron chi connectivity index (χ1n) is 8.83. The van der Waals surface area contributed by atoms with Crippen molar-refractivity contribution in [2.75, 3.05) is 37.7 Å². The van der Waals surface area contributed by atoms with E-state index in [1.54, 1.807) is 12.4 Å². The van der Waals surface area contributed by atoms with Crippen LogP contribution in [-0.2, 0) is 11.2 Å². The van der Waals surface area contributed by atoms with Gasteiger partial charge in [0, 0.05) is 44.5 Å². The van der Waals surface area contributed by atoms with Gasteiger partial charge in [-0.25, -0.2) is 9.97 Å². The lowest BCUT2D eigenvalue weighted by molar-refractivity contribution is -0.136. The van der Waals surface area contributed by atoms with Crippen molar-refractivity contribution >= 4 is 11.9 Å². The molecule has 0 N–H and O–H groups in total. The maximum absolute atomic E-state index is 13.0. The average Bonchev–Trinajstić information content (AvgIpc) is 2.91. The number of fused-ring (bicyclic) bond motifs is 1. The van der Waals surface area contributed by atoms with E-state index in [1.807, 2.05) is 29.2 Å². The number of piperazine rings is 1.